The van der Waals surface area contributed by atoms with Crippen LogP contribution in [0.3, 0.4) is 0 Å². The molecule has 0 saturated carbocycles. The second-order valence-electron chi connectivity index (χ2n) is 17.5. The Balaban J connectivity index is 1.10. The van der Waals surface area contributed by atoms with Crippen LogP contribution in [0.25, 0.3) is 55.3 Å². The van der Waals surface area contributed by atoms with Gasteiger partial charge in [-0.2, -0.15) is 0 Å². The topological polar surface area (TPSA) is 16.4 Å². The highest BCUT2D eigenvalue weighted by Gasteiger charge is 2.52. The first-order chi connectivity index (χ1) is 32.3. The maximum atomic E-state index is 6.63. The summed E-state index contributed by atoms with van der Waals surface area (Å²) >= 11 is 0. The van der Waals surface area contributed by atoms with Gasteiger partial charge in [0.25, 0.3) is 0 Å². The number of nitrogens with zero attached hydrogens (tertiary/aromatic N) is 1. The Morgan fingerprint density at radius 3 is 1.58 bits per heavy atom. The van der Waals surface area contributed by atoms with Gasteiger partial charge < -0.3 is 9.32 Å². The normalized spacial score (nSPS) is 12.9. The molecule has 0 bridgehead atoms. The van der Waals surface area contributed by atoms with Gasteiger partial charge in [0.05, 0.1) is 22.2 Å². The Hall–Kier alpha value is -8.20. The molecular formula is C63H43NO. The van der Waals surface area contributed by atoms with Crippen LogP contribution in [0.2, 0.25) is 0 Å². The molecule has 306 valence electrons. The van der Waals surface area contributed by atoms with Crippen LogP contribution in [0.1, 0.15) is 44.5 Å². The highest BCUT2D eigenvalue weighted by molar-refractivity contribution is 6.14. The molecule has 2 aliphatic rings. The maximum absolute atomic E-state index is 6.63. The van der Waals surface area contributed by atoms with Crippen LogP contribution in [0.15, 0.2) is 241 Å². The number of furan rings is 1. The van der Waals surface area contributed by atoms with E-state index in [-0.39, 0.29) is 0 Å². The Morgan fingerprint density at radius 2 is 0.862 bits per heavy atom. The van der Waals surface area contributed by atoms with Crippen LogP contribution in [0.4, 0.5) is 17.1 Å². The summed E-state index contributed by atoms with van der Waals surface area (Å²) in [5.74, 6) is 0. The largest absolute Gasteiger partial charge is 0.456 e. The van der Waals surface area contributed by atoms with Gasteiger partial charge in [-0.25, -0.2) is 0 Å². The van der Waals surface area contributed by atoms with Gasteiger partial charge in [-0.05, 0) is 122 Å². The Bertz CT molecular complexity index is 3570. The lowest BCUT2D eigenvalue weighted by Crippen LogP contribution is -2.26. The average molecular weight is 830 g/mol. The highest BCUT2D eigenvalue weighted by Crippen LogP contribution is 2.65. The molecule has 0 radical (unpaired) electrons. The van der Waals surface area contributed by atoms with E-state index in [9.17, 15) is 0 Å². The molecule has 11 aromatic rings. The minimum atomic E-state index is -0.472. The fourth-order valence-corrected chi connectivity index (χ4v) is 11.4. The zero-order chi connectivity index (χ0) is 42.9. The smallest absolute Gasteiger partial charge is 0.137 e. The lowest BCUT2D eigenvalue weighted by atomic mass is 9.70. The van der Waals surface area contributed by atoms with E-state index >= 15 is 0 Å². The molecule has 1 aromatic heterocycles. The second kappa shape index (κ2) is 15.0. The van der Waals surface area contributed by atoms with E-state index in [2.05, 4.69) is 241 Å². The second-order valence-corrected chi connectivity index (χ2v) is 17.5. The van der Waals surface area contributed by atoms with Crippen LogP contribution in [-0.2, 0) is 18.3 Å². The molecule has 0 aliphatic heterocycles. The standard InChI is InChI=1S/C63H43NO/c1-3-19-42(20-4-1)39-44-23-7-8-24-47(44)48-38-37-46(41-45(48)40-43-21-5-2-6-22-43)64(58-34-18-36-60-62(58)52-28-12-16-35-59(52)65-60)57-33-17-32-56-61(57)51-27-11-15-31-55(51)63(56)53-29-13-9-25-49(53)50-26-10-14-30-54(50)63/h1-38,41H,39-40H2. The van der Waals surface area contributed by atoms with Crippen molar-refractivity contribution in [3.8, 4) is 33.4 Å². The highest BCUT2D eigenvalue weighted by atomic mass is 16.3. The van der Waals surface area contributed by atoms with Gasteiger partial charge >= 0.3 is 0 Å². The number of fused-ring (bicyclic) bond motifs is 13. The van der Waals surface area contributed by atoms with Crippen molar-refractivity contribution in [2.75, 3.05) is 4.90 Å². The predicted molar refractivity (Wildman–Crippen MR) is 269 cm³/mol. The van der Waals surface area contributed by atoms with Gasteiger partial charge in [-0.1, -0.05) is 200 Å². The van der Waals surface area contributed by atoms with Gasteiger partial charge in [-0.3, -0.25) is 0 Å². The summed E-state index contributed by atoms with van der Waals surface area (Å²) in [5.41, 5.74) is 22.7. The van der Waals surface area contributed by atoms with Gasteiger partial charge in [-0.15, -0.1) is 0 Å². The van der Waals surface area contributed by atoms with E-state index in [1.807, 2.05) is 0 Å². The van der Waals surface area contributed by atoms with Crippen molar-refractivity contribution < 1.29 is 4.42 Å². The van der Waals surface area contributed by atoms with E-state index in [1.165, 1.54) is 77.9 Å². The molecule has 0 atom stereocenters. The van der Waals surface area contributed by atoms with Crippen molar-refractivity contribution in [2.24, 2.45) is 0 Å². The number of hydrogen-bond acceptors (Lipinski definition) is 2. The van der Waals surface area contributed by atoms with Crippen LogP contribution in [-0.4, -0.2) is 0 Å². The summed E-state index contributed by atoms with van der Waals surface area (Å²) in [6.45, 7) is 0. The average Bonchev–Trinajstić information content (AvgIpc) is 4.00. The number of para-hydroxylation sites is 1. The molecule has 0 saturated heterocycles. The summed E-state index contributed by atoms with van der Waals surface area (Å²) in [6.07, 6.45) is 1.64. The Labute approximate surface area is 379 Å². The van der Waals surface area contributed by atoms with Crippen LogP contribution in [0, 0.1) is 0 Å². The van der Waals surface area contributed by atoms with E-state index in [4.69, 9.17) is 4.42 Å². The van der Waals surface area contributed by atoms with Crippen molar-refractivity contribution in [1.29, 1.82) is 0 Å². The summed E-state index contributed by atoms with van der Waals surface area (Å²) < 4.78 is 6.63. The quantitative estimate of drug-likeness (QED) is 0.152. The third-order valence-electron chi connectivity index (χ3n) is 14.0. The molecule has 2 aliphatic carbocycles. The third kappa shape index (κ3) is 5.74. The van der Waals surface area contributed by atoms with E-state index < -0.39 is 5.41 Å². The Kier molecular flexibility index (Phi) is 8.60. The lowest BCUT2D eigenvalue weighted by Gasteiger charge is -2.32. The molecule has 0 amide bonds. The first kappa shape index (κ1) is 37.4. The van der Waals surface area contributed by atoms with Crippen molar-refractivity contribution in [2.45, 2.75) is 18.3 Å². The van der Waals surface area contributed by atoms with E-state index in [1.54, 1.807) is 0 Å². The number of rotatable bonds is 8. The van der Waals surface area contributed by atoms with Gasteiger partial charge in [0, 0.05) is 16.6 Å². The lowest BCUT2D eigenvalue weighted by molar-refractivity contribution is 0.669. The molecule has 65 heavy (non-hydrogen) atoms. The monoisotopic (exact) mass is 829 g/mol. The van der Waals surface area contributed by atoms with Crippen LogP contribution >= 0.6 is 0 Å². The molecular weight excluding hydrogens is 787 g/mol. The van der Waals surface area contributed by atoms with Crippen molar-refractivity contribution in [1.82, 2.24) is 0 Å². The van der Waals surface area contributed by atoms with Gasteiger partial charge in [0.1, 0.15) is 11.2 Å². The Morgan fingerprint density at radius 1 is 0.354 bits per heavy atom. The SMILES string of the molecule is c1ccc(Cc2ccccc2-c2ccc(N(c3cccc4c3-c3ccccc3C43c4ccccc4-c4ccccc43)c3cccc4oc5ccccc5c34)cc2Cc2ccccc2)cc1. The summed E-state index contributed by atoms with van der Waals surface area (Å²) in [4.78, 5) is 2.53. The zero-order valence-corrected chi connectivity index (χ0v) is 35.8. The molecule has 13 rings (SSSR count). The number of anilines is 3. The molecule has 2 heteroatoms. The van der Waals surface area contributed by atoms with Crippen LogP contribution < -0.4 is 4.90 Å². The molecule has 0 N–H and O–H groups in total. The summed E-state index contributed by atoms with van der Waals surface area (Å²) in [6, 6.07) is 87.1. The molecule has 10 aromatic carbocycles. The minimum Gasteiger partial charge on any atom is -0.456 e. The number of hydrogen-bond donors (Lipinski definition) is 0. The van der Waals surface area contributed by atoms with E-state index in [0.717, 1.165) is 51.8 Å². The summed E-state index contributed by atoms with van der Waals surface area (Å²) in [5, 5.41) is 2.20. The zero-order valence-electron chi connectivity index (χ0n) is 35.8. The molecule has 0 unspecified atom stereocenters. The first-order valence-corrected chi connectivity index (χ1v) is 22.7. The fraction of sp³-hybridized carbons (Fsp3) is 0.0476. The van der Waals surface area contributed by atoms with Crippen molar-refractivity contribution in [3.05, 3.63) is 281 Å². The molecule has 1 spiro atoms. The fourth-order valence-electron chi connectivity index (χ4n) is 11.4. The molecule has 1 heterocycles. The van der Waals surface area contributed by atoms with Crippen molar-refractivity contribution in [3.63, 3.8) is 0 Å². The molecule has 2 nitrogen and oxygen atoms in total. The van der Waals surface area contributed by atoms with E-state index in [0.29, 0.717) is 0 Å². The third-order valence-corrected chi connectivity index (χ3v) is 14.0. The van der Waals surface area contributed by atoms with Crippen molar-refractivity contribution >= 4 is 39.0 Å². The maximum Gasteiger partial charge on any atom is 0.137 e. The summed E-state index contributed by atoms with van der Waals surface area (Å²) in [7, 11) is 0. The first-order valence-electron chi connectivity index (χ1n) is 22.7. The van der Waals surface area contributed by atoms with Gasteiger partial charge in [0.2, 0.25) is 0 Å². The number of benzene rings is 10. The molecule has 0 fully saturated rings. The van der Waals surface area contributed by atoms with Gasteiger partial charge in [0.15, 0.2) is 0 Å². The van der Waals surface area contributed by atoms with Crippen LogP contribution in [0.5, 0.6) is 0 Å². The minimum absolute atomic E-state index is 0.472. The predicted octanol–water partition coefficient (Wildman–Crippen LogP) is 16.2.